The summed E-state index contributed by atoms with van der Waals surface area (Å²) < 4.78 is 4.83. The van der Waals surface area contributed by atoms with Gasteiger partial charge in [-0.1, -0.05) is 13.3 Å². The van der Waals surface area contributed by atoms with Crippen molar-refractivity contribution >= 4 is 17.3 Å². The number of hydrogen-bond acceptors (Lipinski definition) is 5. The summed E-state index contributed by atoms with van der Waals surface area (Å²) in [4.78, 5) is 13.2. The van der Waals surface area contributed by atoms with Crippen molar-refractivity contribution in [2.75, 3.05) is 13.2 Å². The maximum absolute atomic E-state index is 11.5. The molecule has 0 aliphatic rings. The number of esters is 1. The van der Waals surface area contributed by atoms with Crippen molar-refractivity contribution in [3.8, 4) is 0 Å². The molecule has 0 aliphatic heterocycles. The summed E-state index contributed by atoms with van der Waals surface area (Å²) in [7, 11) is 0. The highest BCUT2D eigenvalue weighted by atomic mass is 32.1. The van der Waals surface area contributed by atoms with E-state index in [1.807, 2.05) is 6.07 Å². The molecule has 0 saturated carbocycles. The minimum absolute atomic E-state index is 0.170. The van der Waals surface area contributed by atoms with Gasteiger partial charge in [-0.05, 0) is 18.6 Å². The molecule has 0 saturated heterocycles. The van der Waals surface area contributed by atoms with Gasteiger partial charge in [-0.15, -0.1) is 11.3 Å². The van der Waals surface area contributed by atoms with Gasteiger partial charge in [0.25, 0.3) is 0 Å². The topological polar surface area (TPSA) is 66.8 Å². The van der Waals surface area contributed by atoms with E-state index in [0.717, 1.165) is 17.7 Å². The Morgan fingerprint density at radius 3 is 2.94 bits per heavy atom. The van der Waals surface area contributed by atoms with Gasteiger partial charge in [-0.25, -0.2) is 4.79 Å². The number of ether oxygens (including phenoxy) is 1. The maximum Gasteiger partial charge on any atom is 0.348 e. The molecule has 1 aromatic heterocycles. The van der Waals surface area contributed by atoms with E-state index in [1.165, 1.54) is 11.3 Å². The van der Waals surface area contributed by atoms with Crippen LogP contribution in [0.2, 0.25) is 0 Å². The lowest BCUT2D eigenvalue weighted by atomic mass is 10.3. The Morgan fingerprint density at radius 1 is 1.56 bits per heavy atom. The highest BCUT2D eigenvalue weighted by Crippen LogP contribution is 2.18. The molecule has 0 aromatic carbocycles. The fourth-order valence-electron chi connectivity index (χ4n) is 1.16. The maximum atomic E-state index is 11.5. The number of aryl methyl sites for hydroxylation is 1. The van der Waals surface area contributed by atoms with Gasteiger partial charge in [-0.3, -0.25) is 0 Å². The standard InChI is InChI=1S/C11H16O4S/c1-2-3-9-4-5-10(16-9)11(14)15-7-8(13)6-12/h4-5,8,12-13H,2-3,6-7H2,1H3. The Hall–Kier alpha value is -0.910. The van der Waals surface area contributed by atoms with Crippen molar-refractivity contribution in [1.29, 1.82) is 0 Å². The van der Waals surface area contributed by atoms with Crippen molar-refractivity contribution in [1.82, 2.24) is 0 Å². The zero-order chi connectivity index (χ0) is 12.0. The van der Waals surface area contributed by atoms with Gasteiger partial charge >= 0.3 is 5.97 Å². The van der Waals surface area contributed by atoms with Gasteiger partial charge in [0.15, 0.2) is 0 Å². The lowest BCUT2D eigenvalue weighted by molar-refractivity contribution is 0.00971. The summed E-state index contributed by atoms with van der Waals surface area (Å²) >= 11 is 1.41. The normalized spacial score (nSPS) is 12.4. The van der Waals surface area contributed by atoms with Gasteiger partial charge < -0.3 is 14.9 Å². The Kier molecular flexibility index (Phi) is 5.45. The van der Waals surface area contributed by atoms with Gasteiger partial charge in [0.1, 0.15) is 17.6 Å². The predicted octanol–water partition coefficient (Wildman–Crippen LogP) is 1.21. The van der Waals surface area contributed by atoms with E-state index < -0.39 is 18.7 Å². The van der Waals surface area contributed by atoms with Crippen LogP contribution < -0.4 is 0 Å². The van der Waals surface area contributed by atoms with E-state index in [4.69, 9.17) is 14.9 Å². The number of carbonyl (C=O) groups excluding carboxylic acids is 1. The Morgan fingerprint density at radius 2 is 2.31 bits per heavy atom. The first-order chi connectivity index (χ1) is 7.67. The van der Waals surface area contributed by atoms with Gasteiger partial charge in [0.05, 0.1) is 6.61 Å². The molecule has 1 aromatic rings. The number of thiophene rings is 1. The van der Waals surface area contributed by atoms with Crippen LogP contribution in [-0.2, 0) is 11.2 Å². The molecule has 1 heterocycles. The molecule has 1 unspecified atom stereocenters. The quantitative estimate of drug-likeness (QED) is 0.738. The van der Waals surface area contributed by atoms with Crippen molar-refractivity contribution in [3.05, 3.63) is 21.9 Å². The molecule has 0 aliphatic carbocycles. The van der Waals surface area contributed by atoms with Crippen molar-refractivity contribution < 1.29 is 19.7 Å². The minimum atomic E-state index is -1.00. The second kappa shape index (κ2) is 6.62. The van der Waals surface area contributed by atoms with Crippen LogP contribution in [-0.4, -0.2) is 35.5 Å². The van der Waals surface area contributed by atoms with Crippen LogP contribution in [0, 0.1) is 0 Å². The Bertz CT molecular complexity index is 334. The predicted molar refractivity (Wildman–Crippen MR) is 61.7 cm³/mol. The zero-order valence-electron chi connectivity index (χ0n) is 9.18. The molecule has 0 radical (unpaired) electrons. The molecule has 90 valence electrons. The highest BCUT2D eigenvalue weighted by Gasteiger charge is 2.12. The minimum Gasteiger partial charge on any atom is -0.459 e. The van der Waals surface area contributed by atoms with Gasteiger partial charge in [0.2, 0.25) is 0 Å². The van der Waals surface area contributed by atoms with E-state index >= 15 is 0 Å². The molecule has 4 nitrogen and oxygen atoms in total. The molecule has 0 bridgehead atoms. The first-order valence-electron chi connectivity index (χ1n) is 5.22. The molecule has 2 N–H and O–H groups in total. The van der Waals surface area contributed by atoms with Crippen LogP contribution >= 0.6 is 11.3 Å². The number of hydrogen-bond donors (Lipinski definition) is 2. The van der Waals surface area contributed by atoms with E-state index in [9.17, 15) is 4.79 Å². The van der Waals surface area contributed by atoms with Crippen LogP contribution in [0.15, 0.2) is 12.1 Å². The number of aliphatic hydroxyl groups is 2. The monoisotopic (exact) mass is 244 g/mol. The van der Waals surface area contributed by atoms with Crippen molar-refractivity contribution in [2.45, 2.75) is 25.9 Å². The second-order valence-corrected chi connectivity index (χ2v) is 4.62. The molecular weight excluding hydrogens is 228 g/mol. The van der Waals surface area contributed by atoms with E-state index in [2.05, 4.69) is 6.92 Å². The average Bonchev–Trinajstić information content (AvgIpc) is 2.74. The van der Waals surface area contributed by atoms with Crippen LogP contribution in [0.4, 0.5) is 0 Å². The average molecular weight is 244 g/mol. The number of rotatable bonds is 6. The molecule has 0 fully saturated rings. The lowest BCUT2D eigenvalue weighted by Gasteiger charge is -2.06. The Labute approximate surface area is 98.5 Å². The Balaban J connectivity index is 2.46. The van der Waals surface area contributed by atoms with Crippen molar-refractivity contribution in [2.24, 2.45) is 0 Å². The van der Waals surface area contributed by atoms with Gasteiger partial charge in [0, 0.05) is 4.88 Å². The molecule has 5 heteroatoms. The van der Waals surface area contributed by atoms with Crippen LogP contribution in [0.5, 0.6) is 0 Å². The summed E-state index contributed by atoms with van der Waals surface area (Å²) in [5.74, 6) is -0.445. The third-order valence-corrected chi connectivity index (χ3v) is 3.10. The summed E-state index contributed by atoms with van der Waals surface area (Å²) in [6.07, 6.45) is 0.995. The number of carbonyl (C=O) groups is 1. The lowest BCUT2D eigenvalue weighted by Crippen LogP contribution is -2.21. The summed E-state index contributed by atoms with van der Waals surface area (Å²) in [6, 6.07) is 3.64. The third-order valence-electron chi connectivity index (χ3n) is 1.98. The van der Waals surface area contributed by atoms with E-state index in [1.54, 1.807) is 6.07 Å². The highest BCUT2D eigenvalue weighted by molar-refractivity contribution is 7.13. The molecule has 0 amide bonds. The first-order valence-corrected chi connectivity index (χ1v) is 6.03. The summed E-state index contributed by atoms with van der Waals surface area (Å²) in [5, 5.41) is 17.6. The van der Waals surface area contributed by atoms with E-state index in [0.29, 0.717) is 4.88 Å². The van der Waals surface area contributed by atoms with Crippen molar-refractivity contribution in [3.63, 3.8) is 0 Å². The summed E-state index contributed by atoms with van der Waals surface area (Å²) in [6.45, 7) is 1.50. The van der Waals surface area contributed by atoms with Gasteiger partial charge in [-0.2, -0.15) is 0 Å². The fraction of sp³-hybridized carbons (Fsp3) is 0.545. The second-order valence-electron chi connectivity index (χ2n) is 3.45. The largest absolute Gasteiger partial charge is 0.459 e. The molecule has 16 heavy (non-hydrogen) atoms. The SMILES string of the molecule is CCCc1ccc(C(=O)OCC(O)CO)s1. The number of aliphatic hydroxyl groups excluding tert-OH is 2. The van der Waals surface area contributed by atoms with Crippen LogP contribution in [0.1, 0.15) is 27.9 Å². The first kappa shape index (κ1) is 13.2. The zero-order valence-corrected chi connectivity index (χ0v) is 10.00. The smallest absolute Gasteiger partial charge is 0.348 e. The molecule has 1 rings (SSSR count). The molecule has 0 spiro atoms. The van der Waals surface area contributed by atoms with Crippen LogP contribution in [0.3, 0.4) is 0 Å². The van der Waals surface area contributed by atoms with Crippen LogP contribution in [0.25, 0.3) is 0 Å². The third kappa shape index (κ3) is 3.92. The molecular formula is C11H16O4S. The fourth-order valence-corrected chi connectivity index (χ4v) is 2.17. The van der Waals surface area contributed by atoms with E-state index in [-0.39, 0.29) is 6.61 Å². The summed E-state index contributed by atoms with van der Waals surface area (Å²) in [5.41, 5.74) is 0. The molecule has 1 atom stereocenters.